The predicted octanol–water partition coefficient (Wildman–Crippen LogP) is 17.7. The molecule has 2 aliphatic carbocycles. The SMILES string of the molecule is c1ccc(-c2ccccc2N(c2ccc3c(c2)C2(c4ccccc4-c4ccc(N(c5ccccc5)c5ccccc5)cc42)c2ccccc2-3)c2ccc3c(c2)c2ccccc2n3-c2ccccc2)cc1. The van der Waals surface area contributed by atoms with Gasteiger partial charge in [-0.05, 0) is 141 Å². The lowest BCUT2D eigenvalue weighted by Crippen LogP contribution is -2.26. The molecule has 3 heteroatoms. The molecule has 2 aliphatic rings. The molecule has 0 fully saturated rings. The summed E-state index contributed by atoms with van der Waals surface area (Å²) in [6.45, 7) is 0. The molecule has 3 nitrogen and oxygen atoms in total. The van der Waals surface area contributed by atoms with E-state index < -0.39 is 5.41 Å². The van der Waals surface area contributed by atoms with Crippen molar-refractivity contribution in [3.05, 3.63) is 295 Å². The topological polar surface area (TPSA) is 11.4 Å². The van der Waals surface area contributed by atoms with Crippen LogP contribution in [-0.4, -0.2) is 4.57 Å². The van der Waals surface area contributed by atoms with Gasteiger partial charge in [0, 0.05) is 50.5 Å². The van der Waals surface area contributed by atoms with Crippen LogP contribution >= 0.6 is 0 Å². The van der Waals surface area contributed by atoms with Crippen molar-refractivity contribution >= 4 is 55.9 Å². The van der Waals surface area contributed by atoms with Gasteiger partial charge in [0.2, 0.25) is 0 Å². The van der Waals surface area contributed by atoms with Crippen molar-refractivity contribution in [1.29, 1.82) is 0 Å². The average Bonchev–Trinajstić information content (AvgIpc) is 4.03. The number of aromatic nitrogens is 1. The third-order valence-corrected chi connectivity index (χ3v) is 14.8. The van der Waals surface area contributed by atoms with Crippen molar-refractivity contribution in [1.82, 2.24) is 4.57 Å². The van der Waals surface area contributed by atoms with E-state index in [4.69, 9.17) is 0 Å². The van der Waals surface area contributed by atoms with Crippen molar-refractivity contribution < 1.29 is 0 Å². The first kappa shape index (κ1) is 39.9. The zero-order chi connectivity index (χ0) is 46.2. The number of fused-ring (bicyclic) bond motifs is 13. The summed E-state index contributed by atoms with van der Waals surface area (Å²) < 4.78 is 2.40. The minimum Gasteiger partial charge on any atom is -0.310 e. The highest BCUT2D eigenvalue weighted by molar-refractivity contribution is 6.11. The Labute approximate surface area is 408 Å². The number of hydrogen-bond donors (Lipinski definition) is 0. The highest BCUT2D eigenvalue weighted by Gasteiger charge is 2.52. The summed E-state index contributed by atoms with van der Waals surface area (Å²) in [5.74, 6) is 0. The summed E-state index contributed by atoms with van der Waals surface area (Å²) in [6.07, 6.45) is 0. The van der Waals surface area contributed by atoms with Crippen molar-refractivity contribution in [3.63, 3.8) is 0 Å². The van der Waals surface area contributed by atoms with Crippen LogP contribution in [-0.2, 0) is 5.41 Å². The Hall–Kier alpha value is -9.18. The lowest BCUT2D eigenvalue weighted by Gasteiger charge is -2.33. The van der Waals surface area contributed by atoms with Crippen LogP contribution < -0.4 is 9.80 Å². The Morgan fingerprint density at radius 1 is 0.271 bits per heavy atom. The molecule has 1 atom stereocenters. The Bertz CT molecular complexity index is 3900. The number of hydrogen-bond acceptors (Lipinski definition) is 2. The number of anilines is 6. The fraction of sp³-hybridized carbons (Fsp3) is 0.0149. The minimum atomic E-state index is -0.597. The summed E-state index contributed by atoms with van der Waals surface area (Å²) >= 11 is 0. The van der Waals surface area contributed by atoms with Crippen LogP contribution in [0.1, 0.15) is 22.3 Å². The van der Waals surface area contributed by atoms with E-state index in [1.807, 2.05) is 0 Å². The zero-order valence-electron chi connectivity index (χ0n) is 38.3. The number of nitrogens with zero attached hydrogens (tertiary/aromatic N) is 3. The van der Waals surface area contributed by atoms with Crippen molar-refractivity contribution in [2.24, 2.45) is 0 Å². The monoisotopic (exact) mass is 891 g/mol. The molecule has 1 aromatic heterocycles. The summed E-state index contributed by atoms with van der Waals surface area (Å²) in [6, 6.07) is 100. The smallest absolute Gasteiger partial charge is 0.0727 e. The second-order valence-corrected chi connectivity index (χ2v) is 18.4. The van der Waals surface area contributed by atoms with Crippen LogP contribution in [0, 0.1) is 0 Å². The quantitative estimate of drug-likeness (QED) is 0.151. The Balaban J connectivity index is 1.04. The maximum absolute atomic E-state index is 2.51. The summed E-state index contributed by atoms with van der Waals surface area (Å²) in [4.78, 5) is 4.89. The van der Waals surface area contributed by atoms with Crippen molar-refractivity contribution in [2.45, 2.75) is 5.41 Å². The van der Waals surface area contributed by atoms with E-state index in [9.17, 15) is 0 Å². The van der Waals surface area contributed by atoms with Gasteiger partial charge in [0.05, 0.1) is 22.1 Å². The molecule has 0 saturated heterocycles. The third kappa shape index (κ3) is 5.95. The van der Waals surface area contributed by atoms with E-state index in [0.717, 1.165) is 45.4 Å². The molecule has 1 unspecified atom stereocenters. The molecule has 0 N–H and O–H groups in total. The normalized spacial score (nSPS) is 14.1. The summed E-state index contributed by atoms with van der Waals surface area (Å²) in [5.41, 5.74) is 22.1. The first-order chi connectivity index (χ1) is 34.8. The highest BCUT2D eigenvalue weighted by Crippen LogP contribution is 2.64. The molecule has 0 aliphatic heterocycles. The number of rotatable bonds is 8. The number of para-hydroxylation sites is 5. The van der Waals surface area contributed by atoms with E-state index in [0.29, 0.717) is 0 Å². The van der Waals surface area contributed by atoms with Gasteiger partial charge in [0.15, 0.2) is 0 Å². The predicted molar refractivity (Wildman–Crippen MR) is 292 cm³/mol. The van der Waals surface area contributed by atoms with Gasteiger partial charge in [-0.1, -0.05) is 182 Å². The molecule has 1 spiro atoms. The fourth-order valence-corrected chi connectivity index (χ4v) is 11.9. The first-order valence-corrected chi connectivity index (χ1v) is 24.2. The van der Waals surface area contributed by atoms with E-state index in [-0.39, 0.29) is 0 Å². The van der Waals surface area contributed by atoms with E-state index >= 15 is 0 Å². The van der Waals surface area contributed by atoms with Crippen LogP contribution in [0.4, 0.5) is 34.1 Å². The van der Waals surface area contributed by atoms with Crippen LogP contribution in [0.2, 0.25) is 0 Å². The summed E-state index contributed by atoms with van der Waals surface area (Å²) in [5, 5.41) is 2.43. The molecule has 1 heterocycles. The maximum Gasteiger partial charge on any atom is 0.0727 e. The van der Waals surface area contributed by atoms with Gasteiger partial charge >= 0.3 is 0 Å². The lowest BCUT2D eigenvalue weighted by molar-refractivity contribution is 0.793. The van der Waals surface area contributed by atoms with Gasteiger partial charge < -0.3 is 14.4 Å². The van der Waals surface area contributed by atoms with Crippen LogP contribution in [0.15, 0.2) is 273 Å². The maximum atomic E-state index is 2.51. The first-order valence-electron chi connectivity index (χ1n) is 24.2. The Morgan fingerprint density at radius 2 is 0.714 bits per heavy atom. The molecule has 11 aromatic carbocycles. The Kier molecular flexibility index (Phi) is 9.11. The van der Waals surface area contributed by atoms with Gasteiger partial charge in [-0.2, -0.15) is 0 Å². The molecule has 0 amide bonds. The molecule has 0 saturated carbocycles. The summed E-state index contributed by atoms with van der Waals surface area (Å²) in [7, 11) is 0. The van der Waals surface area contributed by atoms with Gasteiger partial charge in [0.25, 0.3) is 0 Å². The van der Waals surface area contributed by atoms with E-state index in [1.165, 1.54) is 71.9 Å². The molecule has 70 heavy (non-hydrogen) atoms. The largest absolute Gasteiger partial charge is 0.310 e. The van der Waals surface area contributed by atoms with Gasteiger partial charge in [-0.3, -0.25) is 0 Å². The Morgan fingerprint density at radius 3 is 1.34 bits per heavy atom. The standard InChI is InChI=1S/C67H45N3/c1-5-21-46(22-6-1)53-29-15-19-35-64(53)69(50-39-42-66-59(43-50)58-32-16-20-36-65(58)70(66)49-27-11-4-12-28-49)52-38-41-57-55-31-14-18-34-61(55)67(63(57)45-52)60-33-17-13-30-54(60)56-40-37-51(44-62(56)67)68(47-23-7-2-8-24-47)48-25-9-3-10-26-48/h1-45H. The molecular weight excluding hydrogens is 847 g/mol. The lowest BCUT2D eigenvalue weighted by atomic mass is 9.70. The average molecular weight is 892 g/mol. The highest BCUT2D eigenvalue weighted by atomic mass is 15.2. The molecule has 0 bridgehead atoms. The molecule has 328 valence electrons. The molecule has 14 rings (SSSR count). The molecule has 0 radical (unpaired) electrons. The number of benzene rings is 11. The molecule has 12 aromatic rings. The fourth-order valence-electron chi connectivity index (χ4n) is 11.9. The minimum absolute atomic E-state index is 0.597. The van der Waals surface area contributed by atoms with Gasteiger partial charge in [0.1, 0.15) is 0 Å². The van der Waals surface area contributed by atoms with E-state index in [2.05, 4.69) is 287 Å². The van der Waals surface area contributed by atoms with Crippen molar-refractivity contribution in [2.75, 3.05) is 9.80 Å². The van der Waals surface area contributed by atoms with Crippen molar-refractivity contribution in [3.8, 4) is 39.1 Å². The van der Waals surface area contributed by atoms with E-state index in [1.54, 1.807) is 0 Å². The van der Waals surface area contributed by atoms with Gasteiger partial charge in [-0.25, -0.2) is 0 Å². The van der Waals surface area contributed by atoms with Gasteiger partial charge in [-0.15, -0.1) is 0 Å². The second-order valence-electron chi connectivity index (χ2n) is 18.4. The zero-order valence-corrected chi connectivity index (χ0v) is 38.3. The third-order valence-electron chi connectivity index (χ3n) is 14.8. The second kappa shape index (κ2) is 16.0. The van der Waals surface area contributed by atoms with Crippen LogP contribution in [0.5, 0.6) is 0 Å². The molecular formula is C67H45N3. The van der Waals surface area contributed by atoms with Crippen LogP contribution in [0.25, 0.3) is 60.9 Å². The van der Waals surface area contributed by atoms with Crippen LogP contribution in [0.3, 0.4) is 0 Å².